The number of halogens is 4. The first kappa shape index (κ1) is 26.7. The quantitative estimate of drug-likeness (QED) is 0.254. The number of hydrogen-bond donors (Lipinski definition) is 2. The molecule has 0 aromatic carbocycles. The van der Waals surface area contributed by atoms with E-state index in [2.05, 4.69) is 13.8 Å². The molecule has 0 bridgehead atoms. The highest BCUT2D eigenvalue weighted by Gasteiger charge is 2.66. The van der Waals surface area contributed by atoms with Crippen LogP contribution in [0.2, 0.25) is 0 Å². The van der Waals surface area contributed by atoms with Crippen LogP contribution in [0.1, 0.15) is 90.9 Å². The van der Waals surface area contributed by atoms with Gasteiger partial charge in [0.2, 0.25) is 0 Å². The summed E-state index contributed by atoms with van der Waals surface area (Å²) in [5.74, 6) is -14.4. The number of carbonyl (C=O) groups excluding carboxylic acids is 2. The zero-order valence-electron chi connectivity index (χ0n) is 17.2. The average molecular weight is 413 g/mol. The van der Waals surface area contributed by atoms with Crippen LogP contribution in [0.3, 0.4) is 0 Å². The second-order valence-electron chi connectivity index (χ2n) is 7.20. The number of amides is 2. The average Bonchev–Trinajstić information content (AvgIpc) is 2.65. The summed E-state index contributed by atoms with van der Waals surface area (Å²) in [6.45, 7) is 3.89. The summed E-state index contributed by atoms with van der Waals surface area (Å²) in [6.07, 6.45) is 10.4. The molecule has 166 valence electrons. The molecule has 0 rings (SSSR count). The van der Waals surface area contributed by atoms with E-state index in [0.29, 0.717) is 12.8 Å². The number of alkyl halides is 4. The molecular weight excluding hydrogens is 376 g/mol. The Balaban J connectivity index is 4.24. The molecule has 0 aromatic heterocycles. The summed E-state index contributed by atoms with van der Waals surface area (Å²) in [7, 11) is 0. The predicted molar refractivity (Wildman–Crippen MR) is 103 cm³/mol. The van der Waals surface area contributed by atoms with E-state index in [1.807, 2.05) is 10.6 Å². The molecule has 0 aliphatic rings. The van der Waals surface area contributed by atoms with Crippen LogP contribution in [0.4, 0.5) is 17.6 Å². The Hall–Kier alpha value is -1.34. The van der Waals surface area contributed by atoms with E-state index in [0.717, 1.165) is 64.2 Å². The number of nitrogens with one attached hydrogen (secondary N) is 2. The van der Waals surface area contributed by atoms with Gasteiger partial charge in [0.15, 0.2) is 0 Å². The molecule has 2 N–H and O–H groups in total. The lowest BCUT2D eigenvalue weighted by Gasteiger charge is -2.24. The van der Waals surface area contributed by atoms with Crippen molar-refractivity contribution in [2.75, 3.05) is 13.1 Å². The van der Waals surface area contributed by atoms with E-state index >= 15 is 0 Å². The Labute approximate surface area is 166 Å². The van der Waals surface area contributed by atoms with E-state index in [1.165, 1.54) is 0 Å². The van der Waals surface area contributed by atoms with E-state index in [4.69, 9.17) is 0 Å². The van der Waals surface area contributed by atoms with E-state index in [9.17, 15) is 27.2 Å². The van der Waals surface area contributed by atoms with Crippen LogP contribution >= 0.6 is 0 Å². The van der Waals surface area contributed by atoms with Crippen molar-refractivity contribution in [1.29, 1.82) is 0 Å². The molecular formula is C20H36F4N2O2. The fourth-order valence-corrected chi connectivity index (χ4v) is 2.72. The van der Waals surface area contributed by atoms with Crippen molar-refractivity contribution >= 4 is 11.8 Å². The molecule has 0 radical (unpaired) electrons. The predicted octanol–water partition coefficient (Wildman–Crippen LogP) is 5.21. The van der Waals surface area contributed by atoms with Gasteiger partial charge in [-0.25, -0.2) is 0 Å². The first-order chi connectivity index (χ1) is 13.2. The monoisotopic (exact) mass is 412 g/mol. The van der Waals surface area contributed by atoms with Gasteiger partial charge in [0.1, 0.15) is 0 Å². The maximum Gasteiger partial charge on any atom is 0.395 e. The number of rotatable bonds is 17. The SMILES string of the molecule is CCCCCCCCNC(=O)C(F)(F)C(F)(F)C(=O)NCCCCCCCC. The van der Waals surface area contributed by atoms with Gasteiger partial charge in [-0.2, -0.15) is 17.6 Å². The van der Waals surface area contributed by atoms with E-state index < -0.39 is 23.7 Å². The molecule has 0 heterocycles. The summed E-state index contributed by atoms with van der Waals surface area (Å²) < 4.78 is 55.3. The van der Waals surface area contributed by atoms with Gasteiger partial charge in [-0.3, -0.25) is 9.59 Å². The standard InChI is InChI=1S/C20H36F4N2O2/c1-3-5-7-9-11-13-15-25-17(27)19(21,22)20(23,24)18(28)26-16-14-12-10-8-6-4-2/h3-16H2,1-2H3,(H,25,27)(H,26,28). The van der Waals surface area contributed by atoms with Crippen LogP contribution in [0.15, 0.2) is 0 Å². The van der Waals surface area contributed by atoms with Crippen LogP contribution in [0, 0.1) is 0 Å². The van der Waals surface area contributed by atoms with E-state index in [1.54, 1.807) is 0 Å². The topological polar surface area (TPSA) is 58.2 Å². The Kier molecular flexibility index (Phi) is 13.9. The summed E-state index contributed by atoms with van der Waals surface area (Å²) in [6, 6.07) is 0. The lowest BCUT2D eigenvalue weighted by molar-refractivity contribution is -0.211. The van der Waals surface area contributed by atoms with Gasteiger partial charge in [0.05, 0.1) is 0 Å². The third kappa shape index (κ3) is 9.73. The van der Waals surface area contributed by atoms with Crippen molar-refractivity contribution in [3.63, 3.8) is 0 Å². The van der Waals surface area contributed by atoms with Crippen LogP contribution in [0.5, 0.6) is 0 Å². The second-order valence-corrected chi connectivity index (χ2v) is 7.20. The van der Waals surface area contributed by atoms with Gasteiger partial charge >= 0.3 is 11.8 Å². The van der Waals surface area contributed by atoms with Crippen LogP contribution in [0.25, 0.3) is 0 Å². The lowest BCUT2D eigenvalue weighted by Crippen LogP contribution is -2.59. The maximum atomic E-state index is 13.8. The number of unbranched alkanes of at least 4 members (excludes halogenated alkanes) is 10. The molecule has 0 unspecified atom stereocenters. The Morgan fingerprint density at radius 1 is 0.571 bits per heavy atom. The second kappa shape index (κ2) is 14.6. The van der Waals surface area contributed by atoms with Gasteiger partial charge in [-0.15, -0.1) is 0 Å². The Morgan fingerprint density at radius 3 is 1.18 bits per heavy atom. The molecule has 4 nitrogen and oxygen atoms in total. The molecule has 2 amide bonds. The highest BCUT2D eigenvalue weighted by molar-refractivity contribution is 5.95. The van der Waals surface area contributed by atoms with Gasteiger partial charge in [-0.05, 0) is 12.8 Å². The lowest BCUT2D eigenvalue weighted by atomic mass is 10.1. The Morgan fingerprint density at radius 2 is 0.857 bits per heavy atom. The molecule has 0 fully saturated rings. The van der Waals surface area contributed by atoms with Crippen LogP contribution in [-0.2, 0) is 9.59 Å². The van der Waals surface area contributed by atoms with Gasteiger partial charge in [-0.1, -0.05) is 78.1 Å². The molecule has 0 saturated carbocycles. The third-order valence-corrected chi connectivity index (χ3v) is 4.60. The molecule has 0 aromatic rings. The molecule has 0 aliphatic heterocycles. The fraction of sp³-hybridized carbons (Fsp3) is 0.900. The smallest absolute Gasteiger partial charge is 0.351 e. The van der Waals surface area contributed by atoms with Crippen molar-refractivity contribution in [2.24, 2.45) is 0 Å². The largest absolute Gasteiger partial charge is 0.395 e. The fourth-order valence-electron chi connectivity index (χ4n) is 2.72. The van der Waals surface area contributed by atoms with Crippen molar-refractivity contribution in [3.05, 3.63) is 0 Å². The van der Waals surface area contributed by atoms with Crippen molar-refractivity contribution in [3.8, 4) is 0 Å². The highest BCUT2D eigenvalue weighted by atomic mass is 19.3. The first-order valence-electron chi connectivity index (χ1n) is 10.5. The minimum Gasteiger partial charge on any atom is -0.351 e. The molecule has 8 heteroatoms. The van der Waals surface area contributed by atoms with Crippen LogP contribution < -0.4 is 10.6 Å². The van der Waals surface area contributed by atoms with Crippen molar-refractivity contribution in [1.82, 2.24) is 10.6 Å². The number of carbonyl (C=O) groups is 2. The number of hydrogen-bond acceptors (Lipinski definition) is 2. The van der Waals surface area contributed by atoms with E-state index in [-0.39, 0.29) is 13.1 Å². The van der Waals surface area contributed by atoms with Gasteiger partial charge in [0.25, 0.3) is 11.8 Å². The molecule has 0 atom stereocenters. The Bertz CT molecular complexity index is 406. The maximum absolute atomic E-state index is 13.8. The van der Waals surface area contributed by atoms with Crippen LogP contribution in [-0.4, -0.2) is 36.7 Å². The summed E-state index contributed by atoms with van der Waals surface area (Å²) in [5, 5.41) is 3.64. The molecule has 0 spiro atoms. The molecule has 0 aliphatic carbocycles. The molecule has 0 saturated heterocycles. The normalized spacial score (nSPS) is 12.1. The molecule has 28 heavy (non-hydrogen) atoms. The first-order valence-corrected chi connectivity index (χ1v) is 10.5. The highest BCUT2D eigenvalue weighted by Crippen LogP contribution is 2.34. The minimum absolute atomic E-state index is 0.115. The van der Waals surface area contributed by atoms with Gasteiger partial charge < -0.3 is 10.6 Å². The zero-order valence-corrected chi connectivity index (χ0v) is 17.2. The summed E-state index contributed by atoms with van der Waals surface area (Å²) >= 11 is 0. The van der Waals surface area contributed by atoms with Crippen molar-refractivity contribution < 1.29 is 27.2 Å². The zero-order chi connectivity index (χ0) is 21.5. The van der Waals surface area contributed by atoms with Gasteiger partial charge in [0, 0.05) is 13.1 Å². The summed E-state index contributed by atoms with van der Waals surface area (Å²) in [4.78, 5) is 23.0. The minimum atomic E-state index is -5.08. The van der Waals surface area contributed by atoms with Crippen molar-refractivity contribution in [2.45, 2.75) is 103 Å². The summed E-state index contributed by atoms with van der Waals surface area (Å²) in [5.41, 5.74) is 0. The third-order valence-electron chi connectivity index (χ3n) is 4.60.